The number of H-pyrrole nitrogens is 2. The van der Waals surface area contributed by atoms with E-state index in [1.807, 2.05) is 12.3 Å². The maximum atomic E-state index is 12.0. The Balaban J connectivity index is 1.33. The van der Waals surface area contributed by atoms with E-state index in [4.69, 9.17) is 0 Å². The maximum absolute atomic E-state index is 12.0. The van der Waals surface area contributed by atoms with Crippen LogP contribution in [0.5, 0.6) is 0 Å². The van der Waals surface area contributed by atoms with Crippen LogP contribution in [0.4, 0.5) is 0 Å². The summed E-state index contributed by atoms with van der Waals surface area (Å²) in [7, 11) is 0. The second-order valence-corrected chi connectivity index (χ2v) is 7.27. The van der Waals surface area contributed by atoms with E-state index in [1.54, 1.807) is 17.2 Å². The molecule has 1 saturated heterocycles. The summed E-state index contributed by atoms with van der Waals surface area (Å²) in [5.74, 6) is -0.105. The standard InChI is InChI=1S/C22H25N5O2/c1-2-20(28)27-13-17(14-27)25-12-16-5-3-6-18-15(11-26-21(16)18)8-10-24-22(29)19-7-4-9-23-19/h2-7,9,11,17,23,25-26H,1,8,10,12-14H2,(H,24,29). The zero-order valence-corrected chi connectivity index (χ0v) is 16.2. The van der Waals surface area contributed by atoms with Gasteiger partial charge in [0.1, 0.15) is 5.69 Å². The minimum atomic E-state index is -0.0933. The number of hydrogen-bond donors (Lipinski definition) is 4. The molecule has 1 aliphatic heterocycles. The molecule has 0 radical (unpaired) electrons. The molecule has 4 N–H and O–H groups in total. The van der Waals surface area contributed by atoms with Crippen LogP contribution in [0.25, 0.3) is 10.9 Å². The maximum Gasteiger partial charge on any atom is 0.267 e. The van der Waals surface area contributed by atoms with Crippen molar-refractivity contribution in [2.24, 2.45) is 0 Å². The smallest absolute Gasteiger partial charge is 0.267 e. The summed E-state index contributed by atoms with van der Waals surface area (Å²) >= 11 is 0. The molecule has 1 aromatic carbocycles. The third kappa shape index (κ3) is 4.09. The van der Waals surface area contributed by atoms with E-state index >= 15 is 0 Å². The lowest BCUT2D eigenvalue weighted by Crippen LogP contribution is -2.59. The average Bonchev–Trinajstić information content (AvgIpc) is 3.37. The van der Waals surface area contributed by atoms with Crippen molar-refractivity contribution in [3.63, 3.8) is 0 Å². The number of likely N-dealkylation sites (tertiary alicyclic amines) is 1. The second kappa shape index (κ2) is 8.36. The number of aromatic nitrogens is 2. The normalized spacial score (nSPS) is 14.0. The number of para-hydroxylation sites is 1. The van der Waals surface area contributed by atoms with Crippen LogP contribution in [0.3, 0.4) is 0 Å². The summed E-state index contributed by atoms with van der Waals surface area (Å²) in [6.45, 7) is 6.27. The summed E-state index contributed by atoms with van der Waals surface area (Å²) in [6, 6.07) is 10.1. The number of fused-ring (bicyclic) bond motifs is 1. The Labute approximate surface area is 169 Å². The van der Waals surface area contributed by atoms with Gasteiger partial charge in [-0.05, 0) is 35.8 Å². The molecular weight excluding hydrogens is 366 g/mol. The molecule has 29 heavy (non-hydrogen) atoms. The first kappa shape index (κ1) is 19.0. The fraction of sp³-hybridized carbons (Fsp3) is 0.273. The predicted octanol–water partition coefficient (Wildman–Crippen LogP) is 1.95. The zero-order chi connectivity index (χ0) is 20.2. The molecule has 3 heterocycles. The molecule has 2 amide bonds. The summed E-state index contributed by atoms with van der Waals surface area (Å²) < 4.78 is 0. The number of amides is 2. The van der Waals surface area contributed by atoms with Crippen molar-refractivity contribution < 1.29 is 9.59 Å². The van der Waals surface area contributed by atoms with Crippen LogP contribution < -0.4 is 10.6 Å². The van der Waals surface area contributed by atoms with Crippen molar-refractivity contribution in [3.05, 3.63) is 72.2 Å². The quantitative estimate of drug-likeness (QED) is 0.442. The Morgan fingerprint density at radius 3 is 2.79 bits per heavy atom. The van der Waals surface area contributed by atoms with E-state index in [9.17, 15) is 9.59 Å². The van der Waals surface area contributed by atoms with Gasteiger partial charge in [-0.3, -0.25) is 9.59 Å². The van der Waals surface area contributed by atoms with E-state index in [0.717, 1.165) is 31.6 Å². The van der Waals surface area contributed by atoms with Gasteiger partial charge in [0.05, 0.1) is 5.52 Å². The monoisotopic (exact) mass is 391 g/mol. The van der Waals surface area contributed by atoms with E-state index in [1.165, 1.54) is 22.6 Å². The number of nitrogens with one attached hydrogen (secondary N) is 4. The number of hydrogen-bond acceptors (Lipinski definition) is 3. The summed E-state index contributed by atoms with van der Waals surface area (Å²) in [6.07, 6.45) is 5.87. The summed E-state index contributed by atoms with van der Waals surface area (Å²) in [5.41, 5.74) is 4.06. The number of benzene rings is 1. The third-order valence-electron chi connectivity index (χ3n) is 5.36. The molecule has 0 bridgehead atoms. The van der Waals surface area contributed by atoms with E-state index in [-0.39, 0.29) is 11.8 Å². The van der Waals surface area contributed by atoms with Gasteiger partial charge in [-0.25, -0.2) is 0 Å². The van der Waals surface area contributed by atoms with Crippen LogP contribution >= 0.6 is 0 Å². The van der Waals surface area contributed by atoms with Crippen LogP contribution in [0, 0.1) is 0 Å². The molecule has 0 saturated carbocycles. The molecule has 4 rings (SSSR count). The van der Waals surface area contributed by atoms with Gasteiger partial charge in [0.25, 0.3) is 5.91 Å². The highest BCUT2D eigenvalue weighted by molar-refractivity contribution is 5.92. The third-order valence-corrected chi connectivity index (χ3v) is 5.36. The number of aromatic amines is 2. The van der Waals surface area contributed by atoms with Gasteiger partial charge in [-0.15, -0.1) is 0 Å². The van der Waals surface area contributed by atoms with Crippen molar-refractivity contribution in [1.29, 1.82) is 0 Å². The van der Waals surface area contributed by atoms with E-state index in [0.29, 0.717) is 18.3 Å². The minimum absolute atomic E-state index is 0.0116. The number of carbonyl (C=O) groups excluding carboxylic acids is 2. The Morgan fingerprint density at radius 1 is 1.17 bits per heavy atom. The first-order chi connectivity index (χ1) is 14.2. The second-order valence-electron chi connectivity index (χ2n) is 7.27. The first-order valence-corrected chi connectivity index (χ1v) is 9.80. The van der Waals surface area contributed by atoms with Gasteiger partial charge in [0, 0.05) is 50.0 Å². The molecule has 1 aliphatic rings. The largest absolute Gasteiger partial charge is 0.361 e. The lowest BCUT2D eigenvalue weighted by Gasteiger charge is -2.39. The summed E-state index contributed by atoms with van der Waals surface area (Å²) in [5, 5.41) is 7.63. The molecule has 1 fully saturated rings. The van der Waals surface area contributed by atoms with Crippen molar-refractivity contribution in [1.82, 2.24) is 25.5 Å². The minimum Gasteiger partial charge on any atom is -0.361 e. The van der Waals surface area contributed by atoms with Gasteiger partial charge >= 0.3 is 0 Å². The Hall–Kier alpha value is -3.32. The molecule has 0 spiro atoms. The van der Waals surface area contributed by atoms with E-state index < -0.39 is 0 Å². The van der Waals surface area contributed by atoms with Gasteiger partial charge in [0.2, 0.25) is 5.91 Å². The van der Waals surface area contributed by atoms with Crippen molar-refractivity contribution >= 4 is 22.7 Å². The Kier molecular flexibility index (Phi) is 5.48. The molecule has 7 nitrogen and oxygen atoms in total. The average molecular weight is 391 g/mol. The summed E-state index contributed by atoms with van der Waals surface area (Å²) in [4.78, 5) is 31.6. The topological polar surface area (TPSA) is 93.0 Å². The van der Waals surface area contributed by atoms with Crippen LogP contribution in [-0.2, 0) is 17.8 Å². The number of nitrogens with zero attached hydrogens (tertiary/aromatic N) is 1. The highest BCUT2D eigenvalue weighted by Gasteiger charge is 2.28. The number of carbonyl (C=O) groups is 2. The van der Waals surface area contributed by atoms with Crippen LogP contribution in [-0.4, -0.2) is 52.4 Å². The van der Waals surface area contributed by atoms with Gasteiger partial charge < -0.3 is 25.5 Å². The SMILES string of the molecule is C=CC(=O)N1CC(NCc2cccc3c(CCNC(=O)c4ccc[nH]4)c[nH]c23)C1. The van der Waals surface area contributed by atoms with Crippen LogP contribution in [0.15, 0.2) is 55.4 Å². The fourth-order valence-electron chi connectivity index (χ4n) is 3.68. The molecule has 0 aliphatic carbocycles. The van der Waals surface area contributed by atoms with Crippen molar-refractivity contribution in [3.8, 4) is 0 Å². The Morgan fingerprint density at radius 2 is 2.03 bits per heavy atom. The van der Waals surface area contributed by atoms with Gasteiger partial charge in [-0.1, -0.05) is 24.8 Å². The van der Waals surface area contributed by atoms with Gasteiger partial charge in [-0.2, -0.15) is 0 Å². The highest BCUT2D eigenvalue weighted by atomic mass is 16.2. The fourth-order valence-corrected chi connectivity index (χ4v) is 3.68. The van der Waals surface area contributed by atoms with Crippen LogP contribution in [0.1, 0.15) is 21.6 Å². The highest BCUT2D eigenvalue weighted by Crippen LogP contribution is 2.22. The molecule has 0 atom stereocenters. The first-order valence-electron chi connectivity index (χ1n) is 9.80. The van der Waals surface area contributed by atoms with E-state index in [2.05, 4.69) is 45.4 Å². The van der Waals surface area contributed by atoms with Crippen molar-refractivity contribution in [2.75, 3.05) is 19.6 Å². The lowest BCUT2D eigenvalue weighted by atomic mass is 10.1. The Bertz CT molecular complexity index is 1020. The molecule has 7 heteroatoms. The molecule has 0 unspecified atom stereocenters. The molecule has 2 aromatic heterocycles. The molecule has 150 valence electrons. The zero-order valence-electron chi connectivity index (χ0n) is 16.2. The predicted molar refractivity (Wildman–Crippen MR) is 113 cm³/mol. The van der Waals surface area contributed by atoms with Gasteiger partial charge in [0.15, 0.2) is 0 Å². The van der Waals surface area contributed by atoms with Crippen molar-refractivity contribution in [2.45, 2.75) is 19.0 Å². The number of rotatable bonds is 8. The molecule has 3 aromatic rings. The van der Waals surface area contributed by atoms with Crippen LogP contribution in [0.2, 0.25) is 0 Å². The molecular formula is C22H25N5O2. The lowest BCUT2D eigenvalue weighted by molar-refractivity contribution is -0.130.